The second-order valence-corrected chi connectivity index (χ2v) is 7.49. The van der Waals surface area contributed by atoms with Gasteiger partial charge in [-0.15, -0.1) is 11.3 Å². The average molecular weight is 367 g/mol. The van der Waals surface area contributed by atoms with Crippen LogP contribution in [0.3, 0.4) is 0 Å². The number of amides is 1. The summed E-state index contributed by atoms with van der Waals surface area (Å²) in [5.74, 6) is 0.0401. The highest BCUT2D eigenvalue weighted by Gasteiger charge is 2.24. The van der Waals surface area contributed by atoms with Gasteiger partial charge in [0.05, 0.1) is 9.35 Å². The van der Waals surface area contributed by atoms with Crippen LogP contribution < -0.4 is 5.32 Å². The van der Waals surface area contributed by atoms with Crippen LogP contribution in [0.5, 0.6) is 0 Å². The van der Waals surface area contributed by atoms with Crippen molar-refractivity contribution in [3.05, 3.63) is 20.8 Å². The standard InChI is InChI=1S/C11H13Br2NOS/c12-8-3-1-2-4-9(8)14-11(15)7-5-10(13)16-6-7/h5-6,8-9H,1-4H2,(H,14,15). The predicted octanol–water partition coefficient (Wildman–Crippen LogP) is 3.95. The zero-order valence-electron chi connectivity index (χ0n) is 8.71. The van der Waals surface area contributed by atoms with Gasteiger partial charge in [-0.2, -0.15) is 0 Å². The van der Waals surface area contributed by atoms with E-state index in [1.54, 1.807) is 0 Å². The fourth-order valence-corrected chi connectivity index (χ4v) is 3.79. The van der Waals surface area contributed by atoms with Crippen LogP contribution >= 0.6 is 43.2 Å². The lowest BCUT2D eigenvalue weighted by atomic mass is 9.95. The Balaban J connectivity index is 1.96. The van der Waals surface area contributed by atoms with Crippen molar-refractivity contribution in [1.82, 2.24) is 5.32 Å². The Labute approximate surface area is 116 Å². The zero-order valence-corrected chi connectivity index (χ0v) is 12.7. The molecule has 1 heterocycles. The van der Waals surface area contributed by atoms with Crippen molar-refractivity contribution in [2.45, 2.75) is 36.6 Å². The molecule has 1 N–H and O–H groups in total. The third-order valence-corrected chi connectivity index (χ3v) is 5.43. The third kappa shape index (κ3) is 3.08. The van der Waals surface area contributed by atoms with Gasteiger partial charge < -0.3 is 5.32 Å². The normalized spacial score (nSPS) is 25.4. The van der Waals surface area contributed by atoms with Gasteiger partial charge >= 0.3 is 0 Å². The summed E-state index contributed by atoms with van der Waals surface area (Å²) in [4.78, 5) is 12.3. The number of alkyl halides is 1. The van der Waals surface area contributed by atoms with Crippen LogP contribution in [-0.4, -0.2) is 16.8 Å². The Kier molecular flexibility index (Phi) is 4.44. The first kappa shape index (κ1) is 12.6. The number of carbonyl (C=O) groups excluding carboxylic acids is 1. The maximum atomic E-state index is 11.9. The summed E-state index contributed by atoms with van der Waals surface area (Å²) in [6.45, 7) is 0. The quantitative estimate of drug-likeness (QED) is 0.789. The highest BCUT2D eigenvalue weighted by atomic mass is 79.9. The molecular formula is C11H13Br2NOS. The summed E-state index contributed by atoms with van der Waals surface area (Å²) in [5.41, 5.74) is 0.752. The highest BCUT2D eigenvalue weighted by molar-refractivity contribution is 9.11. The molecule has 0 aromatic carbocycles. The maximum absolute atomic E-state index is 11.9. The van der Waals surface area contributed by atoms with Gasteiger partial charge in [0.1, 0.15) is 0 Å². The number of hydrogen-bond acceptors (Lipinski definition) is 2. The van der Waals surface area contributed by atoms with Gasteiger partial charge in [-0.3, -0.25) is 4.79 Å². The Morgan fingerprint density at radius 3 is 2.81 bits per heavy atom. The number of carbonyl (C=O) groups is 1. The Morgan fingerprint density at radius 2 is 2.19 bits per heavy atom. The lowest BCUT2D eigenvalue weighted by molar-refractivity contribution is 0.0930. The first-order valence-corrected chi connectivity index (χ1v) is 7.94. The van der Waals surface area contributed by atoms with E-state index in [2.05, 4.69) is 37.2 Å². The Bertz CT molecular complexity index is 380. The molecule has 1 aromatic rings. The molecule has 2 atom stereocenters. The monoisotopic (exact) mass is 365 g/mol. The van der Waals surface area contributed by atoms with E-state index in [1.165, 1.54) is 24.2 Å². The van der Waals surface area contributed by atoms with Crippen LogP contribution in [0, 0.1) is 0 Å². The molecule has 16 heavy (non-hydrogen) atoms. The summed E-state index contributed by atoms with van der Waals surface area (Å²) < 4.78 is 0.997. The SMILES string of the molecule is O=C(NC1CCCCC1Br)c1csc(Br)c1. The minimum absolute atomic E-state index is 0.0401. The number of halogens is 2. The molecule has 0 bridgehead atoms. The van der Waals surface area contributed by atoms with Crippen molar-refractivity contribution in [3.63, 3.8) is 0 Å². The highest BCUT2D eigenvalue weighted by Crippen LogP contribution is 2.25. The minimum atomic E-state index is 0.0401. The predicted molar refractivity (Wildman–Crippen MR) is 74.5 cm³/mol. The fraction of sp³-hybridized carbons (Fsp3) is 0.545. The van der Waals surface area contributed by atoms with Crippen molar-refractivity contribution in [2.24, 2.45) is 0 Å². The molecule has 88 valence electrons. The van der Waals surface area contributed by atoms with Crippen molar-refractivity contribution < 1.29 is 4.79 Å². The van der Waals surface area contributed by atoms with Crippen LogP contribution in [0.25, 0.3) is 0 Å². The van der Waals surface area contributed by atoms with Crippen LogP contribution in [0.1, 0.15) is 36.0 Å². The smallest absolute Gasteiger partial charge is 0.252 e. The Hall–Kier alpha value is 0.130. The molecular weight excluding hydrogens is 354 g/mol. The fourth-order valence-electron chi connectivity index (χ4n) is 1.93. The summed E-state index contributed by atoms with van der Waals surface area (Å²) in [5, 5.41) is 4.98. The van der Waals surface area contributed by atoms with E-state index >= 15 is 0 Å². The van der Waals surface area contributed by atoms with Gasteiger partial charge in [0, 0.05) is 16.2 Å². The van der Waals surface area contributed by atoms with Gasteiger partial charge in [0.2, 0.25) is 0 Å². The van der Waals surface area contributed by atoms with Gasteiger partial charge in [0.25, 0.3) is 5.91 Å². The Morgan fingerprint density at radius 1 is 1.44 bits per heavy atom. The molecule has 0 spiro atoms. The average Bonchev–Trinajstić information content (AvgIpc) is 2.68. The van der Waals surface area contributed by atoms with Crippen LogP contribution in [0.15, 0.2) is 15.2 Å². The molecule has 1 aliphatic rings. The first-order chi connectivity index (χ1) is 7.66. The van der Waals surface area contributed by atoms with E-state index in [4.69, 9.17) is 0 Å². The number of nitrogens with one attached hydrogen (secondary N) is 1. The second-order valence-electron chi connectivity index (χ2n) is 4.02. The van der Waals surface area contributed by atoms with Gasteiger partial charge in [-0.1, -0.05) is 28.8 Å². The zero-order chi connectivity index (χ0) is 11.5. The molecule has 5 heteroatoms. The lowest BCUT2D eigenvalue weighted by Gasteiger charge is -2.28. The minimum Gasteiger partial charge on any atom is -0.348 e. The van der Waals surface area contributed by atoms with Crippen molar-refractivity contribution in [3.8, 4) is 0 Å². The molecule has 1 saturated carbocycles. The van der Waals surface area contributed by atoms with E-state index in [-0.39, 0.29) is 11.9 Å². The molecule has 1 amide bonds. The molecule has 1 aliphatic carbocycles. The number of thiophene rings is 1. The number of rotatable bonds is 2. The first-order valence-electron chi connectivity index (χ1n) is 5.36. The second kappa shape index (κ2) is 5.65. The molecule has 0 saturated heterocycles. The lowest BCUT2D eigenvalue weighted by Crippen LogP contribution is -2.42. The summed E-state index contributed by atoms with van der Waals surface area (Å²) in [6.07, 6.45) is 4.69. The largest absolute Gasteiger partial charge is 0.348 e. The molecule has 1 fully saturated rings. The van der Waals surface area contributed by atoms with Crippen molar-refractivity contribution in [2.75, 3.05) is 0 Å². The van der Waals surface area contributed by atoms with E-state index in [0.717, 1.165) is 22.2 Å². The molecule has 1 aromatic heterocycles. The third-order valence-electron chi connectivity index (χ3n) is 2.83. The van der Waals surface area contributed by atoms with Crippen LogP contribution in [0.4, 0.5) is 0 Å². The maximum Gasteiger partial charge on any atom is 0.252 e. The van der Waals surface area contributed by atoms with Gasteiger partial charge in [-0.05, 0) is 34.8 Å². The van der Waals surface area contributed by atoms with Gasteiger partial charge in [0.15, 0.2) is 0 Å². The summed E-state index contributed by atoms with van der Waals surface area (Å²) >= 11 is 8.55. The molecule has 2 unspecified atom stereocenters. The van der Waals surface area contributed by atoms with Crippen molar-refractivity contribution >= 4 is 49.1 Å². The van der Waals surface area contributed by atoms with E-state index in [0.29, 0.717) is 4.83 Å². The van der Waals surface area contributed by atoms with E-state index < -0.39 is 0 Å². The van der Waals surface area contributed by atoms with Crippen LogP contribution in [-0.2, 0) is 0 Å². The van der Waals surface area contributed by atoms with Gasteiger partial charge in [-0.25, -0.2) is 0 Å². The summed E-state index contributed by atoms with van der Waals surface area (Å²) in [7, 11) is 0. The molecule has 0 radical (unpaired) electrons. The van der Waals surface area contributed by atoms with Crippen molar-refractivity contribution in [1.29, 1.82) is 0 Å². The molecule has 2 nitrogen and oxygen atoms in total. The molecule has 0 aliphatic heterocycles. The topological polar surface area (TPSA) is 29.1 Å². The summed E-state index contributed by atoms with van der Waals surface area (Å²) in [6, 6.07) is 2.14. The van der Waals surface area contributed by atoms with Crippen LogP contribution in [0.2, 0.25) is 0 Å². The van der Waals surface area contributed by atoms with E-state index in [1.807, 2.05) is 11.4 Å². The van der Waals surface area contributed by atoms with E-state index in [9.17, 15) is 4.79 Å². The molecule has 2 rings (SSSR count). The number of hydrogen-bond donors (Lipinski definition) is 1.